The lowest BCUT2D eigenvalue weighted by Gasteiger charge is -2.30. The Kier molecular flexibility index (Phi) is 3.71. The van der Waals surface area contributed by atoms with E-state index in [-0.39, 0.29) is 16.7 Å². The number of nitro benzene ring substituents is 1. The van der Waals surface area contributed by atoms with Gasteiger partial charge in [-0.3, -0.25) is 15.0 Å². The molecule has 1 aliphatic heterocycles. The van der Waals surface area contributed by atoms with E-state index in [1.807, 2.05) is 6.07 Å². The third-order valence-electron chi connectivity index (χ3n) is 3.07. The summed E-state index contributed by atoms with van der Waals surface area (Å²) in [5.41, 5.74) is 7.04. The average Bonchev–Trinajstić information content (AvgIpc) is 2.29. The van der Waals surface area contributed by atoms with Crippen LogP contribution in [0.25, 0.3) is 0 Å². The van der Waals surface area contributed by atoms with E-state index in [4.69, 9.17) is 5.73 Å². The molecular formula is C12H17N3O2. The van der Waals surface area contributed by atoms with Crippen molar-refractivity contribution in [1.29, 1.82) is 0 Å². The highest BCUT2D eigenvalue weighted by Crippen LogP contribution is 2.17. The van der Waals surface area contributed by atoms with Crippen molar-refractivity contribution in [2.45, 2.75) is 25.4 Å². The fourth-order valence-corrected chi connectivity index (χ4v) is 2.26. The monoisotopic (exact) mass is 235 g/mol. The Labute approximate surface area is 100 Å². The Morgan fingerprint density at radius 1 is 1.53 bits per heavy atom. The van der Waals surface area contributed by atoms with Gasteiger partial charge >= 0.3 is 0 Å². The molecule has 0 bridgehead atoms. The molecule has 1 aromatic rings. The lowest BCUT2D eigenvalue weighted by Crippen LogP contribution is -2.42. The third-order valence-corrected chi connectivity index (χ3v) is 3.07. The molecule has 92 valence electrons. The smallest absolute Gasteiger partial charge is 0.269 e. The van der Waals surface area contributed by atoms with Crippen LogP contribution in [0.1, 0.15) is 18.4 Å². The standard InChI is InChI=1S/C12H17N3O2/c13-11-4-2-6-14(9-11)8-10-3-1-5-12(7-10)15(16)17/h1,3,5,7,11H,2,4,6,8-9,13H2/t11-/m0/s1. The van der Waals surface area contributed by atoms with E-state index in [0.717, 1.165) is 38.0 Å². The van der Waals surface area contributed by atoms with Crippen LogP contribution in [0.15, 0.2) is 24.3 Å². The molecule has 0 unspecified atom stereocenters. The number of hydrogen-bond acceptors (Lipinski definition) is 4. The van der Waals surface area contributed by atoms with Crippen LogP contribution in [-0.4, -0.2) is 29.0 Å². The lowest BCUT2D eigenvalue weighted by atomic mass is 10.1. The maximum absolute atomic E-state index is 10.7. The zero-order chi connectivity index (χ0) is 12.3. The third kappa shape index (κ3) is 3.25. The van der Waals surface area contributed by atoms with Gasteiger partial charge in [-0.1, -0.05) is 12.1 Å². The molecule has 5 nitrogen and oxygen atoms in total. The van der Waals surface area contributed by atoms with Crippen LogP contribution in [0.5, 0.6) is 0 Å². The number of rotatable bonds is 3. The molecule has 5 heteroatoms. The summed E-state index contributed by atoms with van der Waals surface area (Å²) in [6.07, 6.45) is 2.18. The SMILES string of the molecule is N[C@H]1CCCN(Cc2cccc([N+](=O)[O-])c2)C1. The number of nitrogens with zero attached hydrogens (tertiary/aromatic N) is 2. The topological polar surface area (TPSA) is 72.4 Å². The molecule has 1 saturated heterocycles. The molecule has 0 radical (unpaired) electrons. The summed E-state index contributed by atoms with van der Waals surface area (Å²) < 4.78 is 0. The fraction of sp³-hybridized carbons (Fsp3) is 0.500. The molecule has 0 amide bonds. The van der Waals surface area contributed by atoms with Gasteiger partial charge in [0.1, 0.15) is 0 Å². The zero-order valence-corrected chi connectivity index (χ0v) is 9.71. The van der Waals surface area contributed by atoms with Gasteiger partial charge in [-0.15, -0.1) is 0 Å². The second kappa shape index (κ2) is 5.25. The van der Waals surface area contributed by atoms with Crippen LogP contribution in [-0.2, 0) is 6.54 Å². The minimum atomic E-state index is -0.356. The molecule has 1 atom stereocenters. The van der Waals surface area contributed by atoms with Gasteiger partial charge in [0, 0.05) is 31.3 Å². The molecule has 0 spiro atoms. The first-order valence-electron chi connectivity index (χ1n) is 5.86. The summed E-state index contributed by atoms with van der Waals surface area (Å²) in [5.74, 6) is 0. The van der Waals surface area contributed by atoms with Gasteiger partial charge in [0.05, 0.1) is 4.92 Å². The van der Waals surface area contributed by atoms with E-state index in [1.54, 1.807) is 12.1 Å². The van der Waals surface area contributed by atoms with Crippen molar-refractivity contribution in [2.24, 2.45) is 5.73 Å². The highest BCUT2D eigenvalue weighted by molar-refractivity contribution is 5.34. The van der Waals surface area contributed by atoms with E-state index in [2.05, 4.69) is 4.90 Å². The molecule has 0 aromatic heterocycles. The van der Waals surface area contributed by atoms with Crippen LogP contribution in [0.3, 0.4) is 0 Å². The summed E-state index contributed by atoms with van der Waals surface area (Å²) in [6.45, 7) is 2.65. The van der Waals surface area contributed by atoms with Gasteiger partial charge in [-0.2, -0.15) is 0 Å². The number of nitrogens with two attached hydrogens (primary N) is 1. The van der Waals surface area contributed by atoms with Crippen molar-refractivity contribution in [3.05, 3.63) is 39.9 Å². The van der Waals surface area contributed by atoms with Gasteiger partial charge in [-0.25, -0.2) is 0 Å². The van der Waals surface area contributed by atoms with Gasteiger partial charge in [-0.05, 0) is 24.9 Å². The van der Waals surface area contributed by atoms with Crippen molar-refractivity contribution < 1.29 is 4.92 Å². The van der Waals surface area contributed by atoms with Crippen LogP contribution in [0.4, 0.5) is 5.69 Å². The Hall–Kier alpha value is -1.46. The molecule has 1 fully saturated rings. The van der Waals surface area contributed by atoms with Gasteiger partial charge in [0.15, 0.2) is 0 Å². The summed E-state index contributed by atoms with van der Waals surface area (Å²) in [6, 6.07) is 7.05. The Morgan fingerprint density at radius 3 is 3.06 bits per heavy atom. The minimum absolute atomic E-state index is 0.156. The van der Waals surface area contributed by atoms with E-state index in [9.17, 15) is 10.1 Å². The molecular weight excluding hydrogens is 218 g/mol. The molecule has 0 aliphatic carbocycles. The number of likely N-dealkylation sites (tertiary alicyclic amines) is 1. The van der Waals surface area contributed by atoms with E-state index in [1.165, 1.54) is 6.07 Å². The minimum Gasteiger partial charge on any atom is -0.327 e. The van der Waals surface area contributed by atoms with Crippen LogP contribution in [0, 0.1) is 10.1 Å². The Morgan fingerprint density at radius 2 is 2.35 bits per heavy atom. The molecule has 17 heavy (non-hydrogen) atoms. The number of piperidine rings is 1. The maximum atomic E-state index is 10.7. The Balaban J connectivity index is 2.02. The van der Waals surface area contributed by atoms with Gasteiger partial charge in [0.2, 0.25) is 0 Å². The van der Waals surface area contributed by atoms with Crippen molar-refractivity contribution in [1.82, 2.24) is 4.90 Å². The summed E-state index contributed by atoms with van der Waals surface area (Å²) in [7, 11) is 0. The van der Waals surface area contributed by atoms with Crippen molar-refractivity contribution in [3.63, 3.8) is 0 Å². The van der Waals surface area contributed by atoms with Crippen LogP contribution in [0.2, 0.25) is 0 Å². The number of benzene rings is 1. The first kappa shape index (κ1) is 12.0. The molecule has 1 heterocycles. The second-order valence-corrected chi connectivity index (χ2v) is 4.56. The van der Waals surface area contributed by atoms with E-state index in [0.29, 0.717) is 0 Å². The van der Waals surface area contributed by atoms with Crippen molar-refractivity contribution in [2.75, 3.05) is 13.1 Å². The first-order valence-corrected chi connectivity index (χ1v) is 5.86. The second-order valence-electron chi connectivity index (χ2n) is 4.56. The first-order chi connectivity index (χ1) is 8.15. The quantitative estimate of drug-likeness (QED) is 0.636. The number of non-ortho nitro benzene ring substituents is 1. The van der Waals surface area contributed by atoms with Crippen LogP contribution < -0.4 is 5.73 Å². The van der Waals surface area contributed by atoms with Gasteiger partial charge in [0.25, 0.3) is 5.69 Å². The predicted octanol–water partition coefficient (Wildman–Crippen LogP) is 1.52. The lowest BCUT2D eigenvalue weighted by molar-refractivity contribution is -0.384. The van der Waals surface area contributed by atoms with E-state index >= 15 is 0 Å². The largest absolute Gasteiger partial charge is 0.327 e. The van der Waals surface area contributed by atoms with Crippen molar-refractivity contribution in [3.8, 4) is 0 Å². The molecule has 1 aliphatic rings. The van der Waals surface area contributed by atoms with Gasteiger partial charge < -0.3 is 5.73 Å². The zero-order valence-electron chi connectivity index (χ0n) is 9.71. The number of hydrogen-bond donors (Lipinski definition) is 1. The predicted molar refractivity (Wildman–Crippen MR) is 65.6 cm³/mol. The van der Waals surface area contributed by atoms with Crippen LogP contribution >= 0.6 is 0 Å². The maximum Gasteiger partial charge on any atom is 0.269 e. The fourth-order valence-electron chi connectivity index (χ4n) is 2.26. The molecule has 2 N–H and O–H groups in total. The summed E-state index contributed by atoms with van der Waals surface area (Å²) in [4.78, 5) is 12.6. The molecule has 0 saturated carbocycles. The molecule has 1 aromatic carbocycles. The highest BCUT2D eigenvalue weighted by Gasteiger charge is 2.17. The molecule has 2 rings (SSSR count). The average molecular weight is 235 g/mol. The van der Waals surface area contributed by atoms with Crippen molar-refractivity contribution >= 4 is 5.69 Å². The summed E-state index contributed by atoms with van der Waals surface area (Å²) in [5, 5.41) is 10.7. The van der Waals surface area contributed by atoms with E-state index < -0.39 is 0 Å². The number of nitro groups is 1. The highest BCUT2D eigenvalue weighted by atomic mass is 16.6. The summed E-state index contributed by atoms with van der Waals surface area (Å²) >= 11 is 0. The normalized spacial score (nSPS) is 21.4. The Bertz CT molecular complexity index is 408.